The number of fused-ring (bicyclic) bond motifs is 1. The number of nitrogens with zero attached hydrogens (tertiary/aromatic N) is 4. The fourth-order valence-electron chi connectivity index (χ4n) is 5.44. The first-order valence-electron chi connectivity index (χ1n) is 11.5. The number of hydrogen-bond acceptors (Lipinski definition) is 5. The Labute approximate surface area is 194 Å². The summed E-state index contributed by atoms with van der Waals surface area (Å²) in [7, 11) is 0. The molecule has 0 unspecified atom stereocenters. The van der Waals surface area contributed by atoms with Crippen molar-refractivity contribution in [3.05, 3.63) is 53.6 Å². The molecule has 3 heterocycles. The first-order valence-corrected chi connectivity index (χ1v) is 11.5. The topological polar surface area (TPSA) is 80.5 Å². The summed E-state index contributed by atoms with van der Waals surface area (Å²) in [4.78, 5) is 20.8. The molecule has 2 fully saturated rings. The molecule has 1 spiro atoms. The Kier molecular flexibility index (Phi) is 5.01. The van der Waals surface area contributed by atoms with E-state index < -0.39 is 0 Å². The number of benzene rings is 2. The highest BCUT2D eigenvalue weighted by atomic mass is 16.3. The van der Waals surface area contributed by atoms with Crippen LogP contribution in [0.1, 0.15) is 44.2 Å². The molecule has 2 saturated heterocycles. The molecule has 5 rings (SSSR count). The van der Waals surface area contributed by atoms with Gasteiger partial charge in [0.25, 0.3) is 0 Å². The van der Waals surface area contributed by atoms with Crippen molar-refractivity contribution in [2.45, 2.75) is 33.1 Å². The third kappa shape index (κ3) is 3.48. The summed E-state index contributed by atoms with van der Waals surface area (Å²) in [5, 5.41) is 21.6. The Hall–Kier alpha value is -3.59. The average Bonchev–Trinajstić information content (AvgIpc) is 3.22. The first kappa shape index (κ1) is 21.3. The number of aromatic nitrogens is 1. The van der Waals surface area contributed by atoms with Gasteiger partial charge in [-0.3, -0.25) is 4.79 Å². The van der Waals surface area contributed by atoms with Gasteiger partial charge in [0.15, 0.2) is 0 Å². The molecule has 1 N–H and O–H groups in total. The highest BCUT2D eigenvalue weighted by Gasteiger charge is 2.49. The maximum absolute atomic E-state index is 11.7. The number of likely N-dealkylation sites (tertiary alicyclic amines) is 1. The van der Waals surface area contributed by atoms with E-state index in [9.17, 15) is 15.2 Å². The van der Waals surface area contributed by atoms with Crippen LogP contribution in [-0.4, -0.2) is 47.1 Å². The van der Waals surface area contributed by atoms with Crippen molar-refractivity contribution >= 4 is 22.6 Å². The summed E-state index contributed by atoms with van der Waals surface area (Å²) in [6, 6.07) is 15.8. The Morgan fingerprint density at radius 1 is 1.18 bits per heavy atom. The molecule has 2 aromatic carbocycles. The molecule has 2 aliphatic heterocycles. The van der Waals surface area contributed by atoms with Crippen LogP contribution in [0.4, 0.5) is 5.82 Å². The van der Waals surface area contributed by atoms with Crippen LogP contribution in [0.3, 0.4) is 0 Å². The Bertz CT molecular complexity index is 1300. The molecule has 0 bridgehead atoms. The zero-order chi connectivity index (χ0) is 23.3. The minimum Gasteiger partial charge on any atom is -0.508 e. The smallest absolute Gasteiger partial charge is 0.219 e. The van der Waals surface area contributed by atoms with Gasteiger partial charge in [-0.15, -0.1) is 0 Å². The van der Waals surface area contributed by atoms with Crippen molar-refractivity contribution in [3.8, 4) is 22.9 Å². The second-order valence-electron chi connectivity index (χ2n) is 9.79. The molecular weight excluding hydrogens is 412 g/mol. The van der Waals surface area contributed by atoms with Gasteiger partial charge in [-0.25, -0.2) is 4.98 Å². The van der Waals surface area contributed by atoms with E-state index >= 15 is 0 Å². The molecule has 0 atom stereocenters. The number of pyridine rings is 1. The Morgan fingerprint density at radius 2 is 1.94 bits per heavy atom. The standard InChI is InChI=1S/C27H28N4O2/c1-17(2)20-9-8-19(33)12-22(20)25-21-6-4-5-7-24(21)29-26(23(25)13-28)30-11-10-27(14-30)15-31(16-27)18(3)32/h4-9,12,17,33H,10-11,14-16H2,1-3H3. The van der Waals surface area contributed by atoms with Crippen molar-refractivity contribution in [1.29, 1.82) is 5.26 Å². The lowest BCUT2D eigenvalue weighted by Gasteiger charge is -2.47. The number of carbonyl (C=O) groups excluding carboxylic acids is 1. The van der Waals surface area contributed by atoms with Crippen molar-refractivity contribution < 1.29 is 9.90 Å². The number of rotatable bonds is 3. The minimum atomic E-state index is 0.0833. The number of phenols is 1. The van der Waals surface area contributed by atoms with Gasteiger partial charge in [-0.1, -0.05) is 38.1 Å². The summed E-state index contributed by atoms with van der Waals surface area (Å²) in [6.07, 6.45) is 0.981. The van der Waals surface area contributed by atoms with Crippen LogP contribution in [0.2, 0.25) is 0 Å². The molecule has 0 saturated carbocycles. The lowest BCUT2D eigenvalue weighted by Crippen LogP contribution is -2.59. The van der Waals surface area contributed by atoms with E-state index in [1.54, 1.807) is 19.1 Å². The van der Waals surface area contributed by atoms with Gasteiger partial charge < -0.3 is 14.9 Å². The predicted octanol–water partition coefficient (Wildman–Crippen LogP) is 4.66. The van der Waals surface area contributed by atoms with E-state index in [1.165, 1.54) is 0 Å². The Balaban J connectivity index is 1.67. The molecule has 168 valence electrons. The maximum atomic E-state index is 11.7. The summed E-state index contributed by atoms with van der Waals surface area (Å²) in [6.45, 7) is 8.99. The fourth-order valence-corrected chi connectivity index (χ4v) is 5.44. The molecule has 0 aliphatic carbocycles. The summed E-state index contributed by atoms with van der Waals surface area (Å²) < 4.78 is 0. The van der Waals surface area contributed by atoms with Crippen LogP contribution in [0.5, 0.6) is 5.75 Å². The van der Waals surface area contributed by atoms with Gasteiger partial charge in [0.05, 0.1) is 5.52 Å². The second kappa shape index (κ2) is 7.77. The molecule has 0 radical (unpaired) electrons. The van der Waals surface area contributed by atoms with E-state index in [4.69, 9.17) is 4.98 Å². The summed E-state index contributed by atoms with van der Waals surface area (Å²) >= 11 is 0. The highest BCUT2D eigenvalue weighted by molar-refractivity contribution is 6.01. The average molecular weight is 441 g/mol. The number of nitriles is 1. The van der Waals surface area contributed by atoms with Gasteiger partial charge in [-0.2, -0.15) is 5.26 Å². The van der Waals surface area contributed by atoms with E-state index in [2.05, 4.69) is 24.8 Å². The van der Waals surface area contributed by atoms with Crippen molar-refractivity contribution in [1.82, 2.24) is 9.88 Å². The SMILES string of the molecule is CC(=O)N1CC2(CCN(c3nc4ccccc4c(-c4cc(O)ccc4C(C)C)c3C#N)C2)C1. The highest BCUT2D eigenvalue weighted by Crippen LogP contribution is 2.45. The summed E-state index contributed by atoms with van der Waals surface area (Å²) in [5.74, 6) is 1.22. The largest absolute Gasteiger partial charge is 0.508 e. The Morgan fingerprint density at radius 3 is 2.64 bits per heavy atom. The molecule has 6 nitrogen and oxygen atoms in total. The number of anilines is 1. The van der Waals surface area contributed by atoms with Gasteiger partial charge in [0.1, 0.15) is 23.2 Å². The maximum Gasteiger partial charge on any atom is 0.219 e. The third-order valence-electron chi connectivity index (χ3n) is 7.15. The number of para-hydroxylation sites is 1. The minimum absolute atomic E-state index is 0.0833. The molecule has 33 heavy (non-hydrogen) atoms. The monoisotopic (exact) mass is 440 g/mol. The van der Waals surface area contributed by atoms with Crippen molar-refractivity contribution in [3.63, 3.8) is 0 Å². The molecule has 1 amide bonds. The van der Waals surface area contributed by atoms with Crippen molar-refractivity contribution in [2.75, 3.05) is 31.1 Å². The van der Waals surface area contributed by atoms with Crippen LogP contribution >= 0.6 is 0 Å². The summed E-state index contributed by atoms with van der Waals surface area (Å²) in [5.41, 5.74) is 4.25. The molecule has 1 aromatic heterocycles. The van der Waals surface area contributed by atoms with Crippen LogP contribution in [0, 0.1) is 16.7 Å². The molecule has 3 aromatic rings. The lowest BCUT2D eigenvalue weighted by atomic mass is 9.79. The van der Waals surface area contributed by atoms with Crippen LogP contribution in [0.15, 0.2) is 42.5 Å². The fraction of sp³-hybridized carbons (Fsp3) is 0.370. The van der Waals surface area contributed by atoms with E-state index in [1.807, 2.05) is 35.2 Å². The number of amides is 1. The second-order valence-corrected chi connectivity index (χ2v) is 9.79. The van der Waals surface area contributed by atoms with Gasteiger partial charge in [0.2, 0.25) is 5.91 Å². The number of phenolic OH excluding ortho intramolecular Hbond substituents is 1. The van der Waals surface area contributed by atoms with Gasteiger partial charge >= 0.3 is 0 Å². The van der Waals surface area contributed by atoms with Crippen LogP contribution < -0.4 is 4.90 Å². The normalized spacial score (nSPS) is 16.9. The quantitative estimate of drug-likeness (QED) is 0.641. The lowest BCUT2D eigenvalue weighted by molar-refractivity contribution is -0.139. The van der Waals surface area contributed by atoms with Gasteiger partial charge in [0, 0.05) is 49.5 Å². The van der Waals surface area contributed by atoms with E-state index in [0.29, 0.717) is 11.4 Å². The van der Waals surface area contributed by atoms with Crippen molar-refractivity contribution in [2.24, 2.45) is 5.41 Å². The third-order valence-corrected chi connectivity index (χ3v) is 7.15. The number of carbonyl (C=O) groups is 1. The van der Waals surface area contributed by atoms with Crippen LogP contribution in [-0.2, 0) is 4.79 Å². The molecule has 6 heteroatoms. The van der Waals surface area contributed by atoms with Crippen LogP contribution in [0.25, 0.3) is 22.0 Å². The predicted molar refractivity (Wildman–Crippen MR) is 129 cm³/mol. The van der Waals surface area contributed by atoms with E-state index in [-0.39, 0.29) is 23.0 Å². The molecule has 2 aliphatic rings. The zero-order valence-electron chi connectivity index (χ0n) is 19.3. The number of hydrogen-bond donors (Lipinski definition) is 1. The van der Waals surface area contributed by atoms with Gasteiger partial charge in [-0.05, 0) is 41.7 Å². The molecular formula is C27H28N4O2. The first-order chi connectivity index (χ1) is 15.8. The van der Waals surface area contributed by atoms with E-state index in [0.717, 1.165) is 60.2 Å². The number of aromatic hydroxyl groups is 1. The zero-order valence-corrected chi connectivity index (χ0v) is 19.3.